The molecule has 2 nitrogen and oxygen atoms in total. The number of fused-ring (bicyclic) bond motifs is 1. The number of rotatable bonds is 6. The minimum Gasteiger partial charge on any atom is -0.310 e. The number of thiazole rings is 1. The van der Waals surface area contributed by atoms with Crippen molar-refractivity contribution in [2.24, 2.45) is 5.92 Å². The van der Waals surface area contributed by atoms with Crippen molar-refractivity contribution in [1.29, 1.82) is 0 Å². The molecule has 1 heterocycles. The predicted molar refractivity (Wildman–Crippen MR) is 74.5 cm³/mol. The minimum absolute atomic E-state index is 0.921. The molecule has 0 aliphatic heterocycles. The Balaban J connectivity index is 1.92. The normalized spacial score (nSPS) is 19.3. The van der Waals surface area contributed by atoms with Gasteiger partial charge in [-0.1, -0.05) is 26.7 Å². The molecular formula is C14H24N2S. The fourth-order valence-corrected chi connectivity index (χ4v) is 3.80. The number of hydrogen-bond donors (Lipinski definition) is 1. The van der Waals surface area contributed by atoms with E-state index in [0.717, 1.165) is 19.0 Å². The third kappa shape index (κ3) is 3.52. The Bertz CT molecular complexity index is 346. The molecule has 0 aromatic carbocycles. The summed E-state index contributed by atoms with van der Waals surface area (Å²) in [6, 6.07) is 0. The number of aryl methyl sites for hydroxylation is 1. The molecule has 0 saturated heterocycles. The van der Waals surface area contributed by atoms with Crippen LogP contribution in [0.25, 0.3) is 0 Å². The van der Waals surface area contributed by atoms with Gasteiger partial charge in [0.25, 0.3) is 0 Å². The highest BCUT2D eigenvalue weighted by Crippen LogP contribution is 2.31. The maximum absolute atomic E-state index is 4.77. The summed E-state index contributed by atoms with van der Waals surface area (Å²) < 4.78 is 0. The van der Waals surface area contributed by atoms with Crippen LogP contribution in [0.2, 0.25) is 0 Å². The van der Waals surface area contributed by atoms with Gasteiger partial charge >= 0.3 is 0 Å². The lowest BCUT2D eigenvalue weighted by Gasteiger charge is -2.20. The molecule has 17 heavy (non-hydrogen) atoms. The van der Waals surface area contributed by atoms with Gasteiger partial charge < -0.3 is 5.32 Å². The summed E-state index contributed by atoms with van der Waals surface area (Å²) in [4.78, 5) is 6.35. The molecule has 2 rings (SSSR count). The van der Waals surface area contributed by atoms with Gasteiger partial charge in [-0.25, -0.2) is 4.98 Å². The average molecular weight is 252 g/mol. The molecule has 1 N–H and O–H groups in total. The molecule has 3 heteroatoms. The molecule has 0 bridgehead atoms. The lowest BCUT2D eigenvalue weighted by molar-refractivity contribution is 0.423. The van der Waals surface area contributed by atoms with Crippen LogP contribution < -0.4 is 5.32 Å². The number of hydrogen-bond acceptors (Lipinski definition) is 3. The number of aromatic nitrogens is 1. The summed E-state index contributed by atoms with van der Waals surface area (Å²) in [5.41, 5.74) is 1.40. The van der Waals surface area contributed by atoms with Crippen molar-refractivity contribution < 1.29 is 0 Å². The summed E-state index contributed by atoms with van der Waals surface area (Å²) in [7, 11) is 0. The average Bonchev–Trinajstić information content (AvgIpc) is 2.72. The zero-order valence-electron chi connectivity index (χ0n) is 11.1. The first-order chi connectivity index (χ1) is 8.33. The maximum Gasteiger partial charge on any atom is 0.107 e. The molecule has 0 amide bonds. The van der Waals surface area contributed by atoms with Gasteiger partial charge in [0.15, 0.2) is 0 Å². The number of nitrogens with zero attached hydrogens (tertiary/aromatic N) is 1. The molecule has 1 aliphatic carbocycles. The first-order valence-corrected chi connectivity index (χ1v) is 7.83. The van der Waals surface area contributed by atoms with E-state index < -0.39 is 0 Å². The summed E-state index contributed by atoms with van der Waals surface area (Å²) in [6.07, 6.45) is 7.76. The Labute approximate surface area is 109 Å². The van der Waals surface area contributed by atoms with Crippen LogP contribution in [-0.4, -0.2) is 11.5 Å². The molecule has 0 fully saturated rings. The highest BCUT2D eigenvalue weighted by Gasteiger charge is 2.21. The van der Waals surface area contributed by atoms with Gasteiger partial charge in [0.2, 0.25) is 0 Å². The van der Waals surface area contributed by atoms with E-state index >= 15 is 0 Å². The fourth-order valence-electron chi connectivity index (χ4n) is 2.60. The molecule has 1 aliphatic rings. The summed E-state index contributed by atoms with van der Waals surface area (Å²) >= 11 is 1.94. The summed E-state index contributed by atoms with van der Waals surface area (Å²) in [6.45, 7) is 6.56. The molecule has 1 atom stereocenters. The second-order valence-electron chi connectivity index (χ2n) is 5.05. The Hall–Kier alpha value is -0.410. The van der Waals surface area contributed by atoms with Gasteiger partial charge in [-0.2, -0.15) is 0 Å². The van der Waals surface area contributed by atoms with Gasteiger partial charge in [-0.3, -0.25) is 0 Å². The van der Waals surface area contributed by atoms with Gasteiger partial charge in [0, 0.05) is 11.4 Å². The molecule has 0 saturated carbocycles. The lowest BCUT2D eigenvalue weighted by atomic mass is 9.88. The Morgan fingerprint density at radius 2 is 2.24 bits per heavy atom. The van der Waals surface area contributed by atoms with Gasteiger partial charge in [0.05, 0.1) is 5.69 Å². The van der Waals surface area contributed by atoms with Crippen molar-refractivity contribution in [1.82, 2.24) is 10.3 Å². The third-order valence-corrected chi connectivity index (χ3v) is 4.61. The first-order valence-electron chi connectivity index (χ1n) is 7.01. The van der Waals surface area contributed by atoms with Gasteiger partial charge in [-0.05, 0) is 38.1 Å². The van der Waals surface area contributed by atoms with Crippen molar-refractivity contribution in [3.05, 3.63) is 15.6 Å². The van der Waals surface area contributed by atoms with Gasteiger partial charge in [0.1, 0.15) is 5.01 Å². The van der Waals surface area contributed by atoms with E-state index in [1.165, 1.54) is 49.2 Å². The minimum atomic E-state index is 0.921. The highest BCUT2D eigenvalue weighted by molar-refractivity contribution is 7.11. The monoisotopic (exact) mass is 252 g/mol. The van der Waals surface area contributed by atoms with Crippen molar-refractivity contribution in [2.75, 3.05) is 6.54 Å². The van der Waals surface area contributed by atoms with Crippen LogP contribution in [0.4, 0.5) is 0 Å². The molecule has 1 unspecified atom stereocenters. The van der Waals surface area contributed by atoms with E-state index in [9.17, 15) is 0 Å². The van der Waals surface area contributed by atoms with Crippen molar-refractivity contribution >= 4 is 11.3 Å². The van der Waals surface area contributed by atoms with Crippen LogP contribution in [0.15, 0.2) is 0 Å². The summed E-state index contributed by atoms with van der Waals surface area (Å²) in [5.74, 6) is 0.921. The topological polar surface area (TPSA) is 24.9 Å². The van der Waals surface area contributed by atoms with Crippen LogP contribution in [0, 0.1) is 5.92 Å². The third-order valence-electron chi connectivity index (χ3n) is 3.49. The smallest absolute Gasteiger partial charge is 0.107 e. The molecule has 96 valence electrons. The molecule has 0 spiro atoms. The van der Waals surface area contributed by atoms with E-state index in [4.69, 9.17) is 4.98 Å². The van der Waals surface area contributed by atoms with Gasteiger partial charge in [-0.15, -0.1) is 11.3 Å². The highest BCUT2D eigenvalue weighted by atomic mass is 32.1. The van der Waals surface area contributed by atoms with Crippen LogP contribution in [0.5, 0.6) is 0 Å². The lowest BCUT2D eigenvalue weighted by Crippen LogP contribution is -2.14. The van der Waals surface area contributed by atoms with E-state index in [1.807, 2.05) is 11.3 Å². The number of nitrogens with one attached hydrogen (secondary N) is 1. The maximum atomic E-state index is 4.77. The Morgan fingerprint density at radius 3 is 3.00 bits per heavy atom. The van der Waals surface area contributed by atoms with E-state index in [1.54, 1.807) is 4.88 Å². The molecule has 1 aromatic rings. The van der Waals surface area contributed by atoms with Crippen LogP contribution in [-0.2, 0) is 19.4 Å². The zero-order chi connectivity index (χ0) is 12.1. The molecule has 1 aromatic heterocycles. The first kappa shape index (κ1) is 13.0. The van der Waals surface area contributed by atoms with Crippen LogP contribution in [0.1, 0.15) is 55.1 Å². The van der Waals surface area contributed by atoms with Crippen LogP contribution in [0.3, 0.4) is 0 Å². The van der Waals surface area contributed by atoms with E-state index in [2.05, 4.69) is 19.2 Å². The van der Waals surface area contributed by atoms with Crippen molar-refractivity contribution in [3.63, 3.8) is 0 Å². The van der Waals surface area contributed by atoms with Crippen molar-refractivity contribution in [2.45, 2.75) is 58.9 Å². The quantitative estimate of drug-likeness (QED) is 0.783. The SMILES string of the molecule is CCCNCc1nc2c(s1)CC(CCC)CC2. The Morgan fingerprint density at radius 1 is 1.35 bits per heavy atom. The van der Waals surface area contributed by atoms with Crippen molar-refractivity contribution in [3.8, 4) is 0 Å². The largest absolute Gasteiger partial charge is 0.310 e. The van der Waals surface area contributed by atoms with E-state index in [-0.39, 0.29) is 0 Å². The summed E-state index contributed by atoms with van der Waals surface area (Å²) in [5, 5.41) is 4.74. The Kier molecular flexibility index (Phi) is 4.99. The standard InChI is InChI=1S/C14H24N2S/c1-3-5-11-6-7-12-13(9-11)17-14(16-12)10-15-8-4-2/h11,15H,3-10H2,1-2H3. The molecular weight excluding hydrogens is 228 g/mol. The molecule has 0 radical (unpaired) electrons. The van der Waals surface area contributed by atoms with E-state index in [0.29, 0.717) is 0 Å². The second kappa shape index (κ2) is 6.50. The second-order valence-corrected chi connectivity index (χ2v) is 6.22. The fraction of sp³-hybridized carbons (Fsp3) is 0.786. The van der Waals surface area contributed by atoms with Crippen LogP contribution >= 0.6 is 11.3 Å². The zero-order valence-corrected chi connectivity index (χ0v) is 11.9. The predicted octanol–water partition coefficient (Wildman–Crippen LogP) is 3.55.